The summed E-state index contributed by atoms with van der Waals surface area (Å²) in [7, 11) is 0. The quantitative estimate of drug-likeness (QED) is 0.704. The molecular formula is C15H22OS. The largest absolute Gasteiger partial charge is 0.293 e. The summed E-state index contributed by atoms with van der Waals surface area (Å²) in [5, 5.41) is 0.536. The van der Waals surface area contributed by atoms with Crippen molar-refractivity contribution in [2.24, 2.45) is 5.92 Å². The lowest BCUT2D eigenvalue weighted by Crippen LogP contribution is -2.11. The molecular weight excluding hydrogens is 228 g/mol. The van der Waals surface area contributed by atoms with Crippen LogP contribution in [-0.2, 0) is 6.42 Å². The van der Waals surface area contributed by atoms with Crippen LogP contribution in [0, 0.1) is 5.92 Å². The first-order valence-corrected chi connectivity index (χ1v) is 7.33. The summed E-state index contributed by atoms with van der Waals surface area (Å²) in [6, 6.07) is 7.98. The zero-order valence-electron chi connectivity index (χ0n) is 11.2. The van der Waals surface area contributed by atoms with Crippen LogP contribution >= 0.6 is 11.8 Å². The minimum absolute atomic E-state index is 0.241. The van der Waals surface area contributed by atoms with E-state index in [4.69, 9.17) is 0 Å². The summed E-state index contributed by atoms with van der Waals surface area (Å²) >= 11 is 1.75. The van der Waals surface area contributed by atoms with Crippen LogP contribution < -0.4 is 0 Å². The number of rotatable bonds is 6. The van der Waals surface area contributed by atoms with Crippen molar-refractivity contribution in [3.05, 3.63) is 35.4 Å². The number of thioether (sulfide) groups is 1. The highest BCUT2D eigenvalue weighted by molar-refractivity contribution is 8.00. The van der Waals surface area contributed by atoms with Gasteiger partial charge in [0.15, 0.2) is 5.78 Å². The minimum atomic E-state index is 0.241. The molecule has 0 spiro atoms. The number of carbonyl (C=O) groups is 1. The van der Waals surface area contributed by atoms with Crippen molar-refractivity contribution in [2.45, 2.75) is 39.4 Å². The lowest BCUT2D eigenvalue weighted by Gasteiger charge is -2.14. The Morgan fingerprint density at radius 2 is 1.76 bits per heavy atom. The van der Waals surface area contributed by atoms with Gasteiger partial charge >= 0.3 is 0 Å². The van der Waals surface area contributed by atoms with Crippen molar-refractivity contribution >= 4 is 17.5 Å². The summed E-state index contributed by atoms with van der Waals surface area (Å²) in [4.78, 5) is 12.0. The molecule has 0 aliphatic rings. The van der Waals surface area contributed by atoms with Crippen LogP contribution in [-0.4, -0.2) is 16.8 Å². The Kier molecular flexibility index (Phi) is 5.76. The molecule has 0 heterocycles. The van der Waals surface area contributed by atoms with Crippen LogP contribution in [0.25, 0.3) is 0 Å². The lowest BCUT2D eigenvalue weighted by molar-refractivity contribution is 0.102. The average molecular weight is 250 g/mol. The third-order valence-electron chi connectivity index (χ3n) is 3.10. The smallest absolute Gasteiger partial charge is 0.172 e. The van der Waals surface area contributed by atoms with Gasteiger partial charge in [0.25, 0.3) is 0 Å². The van der Waals surface area contributed by atoms with Gasteiger partial charge in [-0.3, -0.25) is 4.79 Å². The van der Waals surface area contributed by atoms with Gasteiger partial charge in [0.2, 0.25) is 0 Å². The number of benzene rings is 1. The van der Waals surface area contributed by atoms with Crippen LogP contribution in [0.1, 0.15) is 43.6 Å². The molecule has 2 heteroatoms. The van der Waals surface area contributed by atoms with E-state index in [9.17, 15) is 4.79 Å². The zero-order chi connectivity index (χ0) is 12.8. The molecule has 0 fully saturated rings. The highest BCUT2D eigenvalue weighted by Gasteiger charge is 2.11. The minimum Gasteiger partial charge on any atom is -0.293 e. The van der Waals surface area contributed by atoms with Gasteiger partial charge in [0, 0.05) is 10.8 Å². The monoisotopic (exact) mass is 250 g/mol. The molecule has 0 N–H and O–H groups in total. The molecule has 1 unspecified atom stereocenters. The van der Waals surface area contributed by atoms with Gasteiger partial charge in [-0.15, -0.1) is 0 Å². The Hall–Kier alpha value is -0.760. The van der Waals surface area contributed by atoms with Gasteiger partial charge in [-0.25, -0.2) is 0 Å². The maximum Gasteiger partial charge on any atom is 0.172 e. The van der Waals surface area contributed by atoms with Crippen molar-refractivity contribution in [1.29, 1.82) is 0 Å². The van der Waals surface area contributed by atoms with Crippen molar-refractivity contribution in [3.63, 3.8) is 0 Å². The fourth-order valence-electron chi connectivity index (χ4n) is 1.41. The van der Waals surface area contributed by atoms with E-state index in [0.717, 1.165) is 12.0 Å². The van der Waals surface area contributed by atoms with Gasteiger partial charge in [-0.2, -0.15) is 11.8 Å². The molecule has 0 aliphatic heterocycles. The maximum atomic E-state index is 12.0. The van der Waals surface area contributed by atoms with Crippen LogP contribution in [0.4, 0.5) is 0 Å². The van der Waals surface area contributed by atoms with Crippen molar-refractivity contribution < 1.29 is 4.79 Å². The lowest BCUT2D eigenvalue weighted by atomic mass is 10.1. The van der Waals surface area contributed by atoms with Gasteiger partial charge in [-0.1, -0.05) is 52.0 Å². The first-order chi connectivity index (χ1) is 8.04. The predicted molar refractivity (Wildman–Crippen MR) is 76.9 cm³/mol. The average Bonchev–Trinajstić information content (AvgIpc) is 2.35. The Bertz CT molecular complexity index is 354. The standard InChI is InChI=1S/C15H22OS/c1-5-13-6-8-14(9-7-13)15(16)10-17-12(4)11(2)3/h6-9,11-12H,5,10H2,1-4H3. The summed E-state index contributed by atoms with van der Waals surface area (Å²) < 4.78 is 0. The van der Waals surface area contributed by atoms with Crippen LogP contribution in [0.15, 0.2) is 24.3 Å². The number of carbonyl (C=O) groups excluding carboxylic acids is 1. The fraction of sp³-hybridized carbons (Fsp3) is 0.533. The second kappa shape index (κ2) is 6.85. The summed E-state index contributed by atoms with van der Waals surface area (Å²) in [6.07, 6.45) is 1.02. The van der Waals surface area contributed by atoms with E-state index in [1.807, 2.05) is 24.3 Å². The molecule has 1 aromatic rings. The first kappa shape index (κ1) is 14.3. The third kappa shape index (κ3) is 4.55. The molecule has 1 aromatic carbocycles. The molecule has 0 amide bonds. The van der Waals surface area contributed by atoms with Gasteiger partial charge in [-0.05, 0) is 17.9 Å². The normalized spacial score (nSPS) is 12.8. The number of hydrogen-bond donors (Lipinski definition) is 0. The molecule has 1 atom stereocenters. The van der Waals surface area contributed by atoms with E-state index in [2.05, 4.69) is 27.7 Å². The van der Waals surface area contributed by atoms with E-state index in [1.54, 1.807) is 11.8 Å². The van der Waals surface area contributed by atoms with Crippen molar-refractivity contribution in [2.75, 3.05) is 5.75 Å². The van der Waals surface area contributed by atoms with Gasteiger partial charge in [0.1, 0.15) is 0 Å². The van der Waals surface area contributed by atoms with Gasteiger partial charge < -0.3 is 0 Å². The van der Waals surface area contributed by atoms with E-state index >= 15 is 0 Å². The van der Waals surface area contributed by atoms with Crippen LogP contribution in [0.5, 0.6) is 0 Å². The number of ketones is 1. The molecule has 17 heavy (non-hydrogen) atoms. The topological polar surface area (TPSA) is 17.1 Å². The Morgan fingerprint density at radius 3 is 2.24 bits per heavy atom. The zero-order valence-corrected chi connectivity index (χ0v) is 12.0. The molecule has 1 rings (SSSR count). The summed E-state index contributed by atoms with van der Waals surface area (Å²) in [6.45, 7) is 8.69. The second-order valence-electron chi connectivity index (χ2n) is 4.73. The predicted octanol–water partition coefficient (Wildman–Crippen LogP) is 4.21. The SMILES string of the molecule is CCc1ccc(C(=O)CSC(C)C(C)C)cc1. The summed E-state index contributed by atoms with van der Waals surface area (Å²) in [5.41, 5.74) is 2.12. The van der Waals surface area contributed by atoms with E-state index in [1.165, 1.54) is 5.56 Å². The molecule has 0 saturated heterocycles. The Labute approximate surface area is 109 Å². The van der Waals surface area contributed by atoms with Crippen molar-refractivity contribution in [1.82, 2.24) is 0 Å². The van der Waals surface area contributed by atoms with Crippen LogP contribution in [0.3, 0.4) is 0 Å². The second-order valence-corrected chi connectivity index (χ2v) is 6.10. The molecule has 94 valence electrons. The molecule has 0 radical (unpaired) electrons. The molecule has 0 bridgehead atoms. The number of Topliss-reactive ketones (excluding diaryl/α,β-unsaturated/α-hetero) is 1. The number of hydrogen-bond acceptors (Lipinski definition) is 2. The van der Waals surface area contributed by atoms with E-state index < -0.39 is 0 Å². The van der Waals surface area contributed by atoms with Crippen LogP contribution in [0.2, 0.25) is 0 Å². The number of aryl methyl sites for hydroxylation is 1. The van der Waals surface area contributed by atoms with E-state index in [0.29, 0.717) is 16.9 Å². The molecule has 0 aliphatic carbocycles. The third-order valence-corrected chi connectivity index (χ3v) is 4.60. The van der Waals surface area contributed by atoms with Gasteiger partial charge in [0.05, 0.1) is 5.75 Å². The Balaban J connectivity index is 2.52. The molecule has 0 saturated carbocycles. The maximum absolute atomic E-state index is 12.0. The highest BCUT2D eigenvalue weighted by atomic mass is 32.2. The van der Waals surface area contributed by atoms with E-state index in [-0.39, 0.29) is 5.78 Å². The Morgan fingerprint density at radius 1 is 1.18 bits per heavy atom. The van der Waals surface area contributed by atoms with Crippen molar-refractivity contribution in [3.8, 4) is 0 Å². The molecule has 1 nitrogen and oxygen atoms in total. The summed E-state index contributed by atoms with van der Waals surface area (Å²) in [5.74, 6) is 1.45. The first-order valence-electron chi connectivity index (χ1n) is 6.28. The molecule has 0 aromatic heterocycles. The fourth-order valence-corrected chi connectivity index (χ4v) is 2.38. The highest BCUT2D eigenvalue weighted by Crippen LogP contribution is 2.20.